The zero-order chi connectivity index (χ0) is 27.8. The number of anilines is 1. The SMILES string of the molecule is O=C(N[C@H]1C[C@H](c2cccc(F)c2)N(c2ccc3ncc(C(=O)NCC4COC4)n3n2)C1)c1cc(Cl)c(Cl)cn1. The molecule has 5 heterocycles. The molecule has 2 amide bonds. The van der Waals surface area contributed by atoms with Gasteiger partial charge in [-0.1, -0.05) is 35.3 Å². The molecule has 4 aromatic rings. The average molecular weight is 584 g/mol. The van der Waals surface area contributed by atoms with E-state index in [9.17, 15) is 14.0 Å². The van der Waals surface area contributed by atoms with Crippen molar-refractivity contribution < 1.29 is 18.7 Å². The highest BCUT2D eigenvalue weighted by Gasteiger charge is 2.36. The average Bonchev–Trinajstić information content (AvgIpc) is 3.53. The van der Waals surface area contributed by atoms with E-state index in [4.69, 9.17) is 33.0 Å². The Morgan fingerprint density at radius 3 is 2.65 bits per heavy atom. The summed E-state index contributed by atoms with van der Waals surface area (Å²) in [4.78, 5) is 36.2. The number of benzene rings is 1. The number of nitrogens with one attached hydrogen (secondary N) is 2. The molecule has 6 rings (SSSR count). The standard InChI is InChI=1S/C27H24Cl2FN7O3/c28-19-8-21(31-10-20(19)29)26(38)34-18-7-22(16-2-1-3-17(30)6-16)36(12-18)25-5-4-24-32-11-23(37(24)35-25)27(39)33-9-15-13-40-14-15/h1-6,8,10-11,15,18,22H,7,9,12-14H2,(H,33,39)(H,34,38)/t18-,22+/m0/s1. The predicted octanol–water partition coefficient (Wildman–Crippen LogP) is 3.70. The molecule has 2 saturated heterocycles. The van der Waals surface area contributed by atoms with Gasteiger partial charge in [0, 0.05) is 31.2 Å². The van der Waals surface area contributed by atoms with Crippen LogP contribution >= 0.6 is 23.2 Å². The van der Waals surface area contributed by atoms with Crippen molar-refractivity contribution in [1.82, 2.24) is 30.2 Å². The Morgan fingerprint density at radius 1 is 1.05 bits per heavy atom. The maximum absolute atomic E-state index is 14.2. The molecule has 40 heavy (non-hydrogen) atoms. The Balaban J connectivity index is 1.28. The van der Waals surface area contributed by atoms with Crippen molar-refractivity contribution in [3.05, 3.63) is 87.7 Å². The number of imidazole rings is 1. The van der Waals surface area contributed by atoms with E-state index in [1.165, 1.54) is 35.1 Å². The van der Waals surface area contributed by atoms with Crippen molar-refractivity contribution >= 4 is 46.5 Å². The van der Waals surface area contributed by atoms with Gasteiger partial charge in [-0.15, -0.1) is 5.10 Å². The minimum Gasteiger partial charge on any atom is -0.381 e. The molecule has 0 saturated carbocycles. The third-order valence-electron chi connectivity index (χ3n) is 7.04. The molecule has 206 valence electrons. The molecule has 2 fully saturated rings. The predicted molar refractivity (Wildman–Crippen MR) is 146 cm³/mol. The molecule has 2 atom stereocenters. The van der Waals surface area contributed by atoms with Crippen LogP contribution in [0.2, 0.25) is 10.0 Å². The molecular weight excluding hydrogens is 560 g/mol. The van der Waals surface area contributed by atoms with E-state index in [-0.39, 0.29) is 39.5 Å². The number of carbonyl (C=O) groups excluding carboxylic acids is 2. The van der Waals surface area contributed by atoms with Crippen molar-refractivity contribution in [2.45, 2.75) is 18.5 Å². The van der Waals surface area contributed by atoms with E-state index in [1.807, 2.05) is 11.0 Å². The largest absolute Gasteiger partial charge is 0.381 e. The summed E-state index contributed by atoms with van der Waals surface area (Å²) in [6.07, 6.45) is 3.30. The number of pyridine rings is 1. The van der Waals surface area contributed by atoms with Gasteiger partial charge in [0.2, 0.25) is 0 Å². The van der Waals surface area contributed by atoms with Crippen molar-refractivity contribution in [2.75, 3.05) is 31.2 Å². The molecule has 0 spiro atoms. The molecule has 3 aromatic heterocycles. The van der Waals surface area contributed by atoms with Crippen molar-refractivity contribution in [3.63, 3.8) is 0 Å². The van der Waals surface area contributed by atoms with Crippen LogP contribution in [-0.4, -0.2) is 63.7 Å². The van der Waals surface area contributed by atoms with Crippen molar-refractivity contribution in [1.29, 1.82) is 0 Å². The molecule has 2 N–H and O–H groups in total. The monoisotopic (exact) mass is 583 g/mol. The second-order valence-electron chi connectivity index (χ2n) is 9.83. The van der Waals surface area contributed by atoms with Crippen molar-refractivity contribution in [2.24, 2.45) is 5.92 Å². The van der Waals surface area contributed by atoms with E-state index >= 15 is 0 Å². The Labute approximate surface area is 238 Å². The Bertz CT molecular complexity index is 1600. The lowest BCUT2D eigenvalue weighted by atomic mass is 10.0. The minimum atomic E-state index is -0.405. The summed E-state index contributed by atoms with van der Waals surface area (Å²) < 4.78 is 20.9. The summed E-state index contributed by atoms with van der Waals surface area (Å²) in [5, 5.41) is 11.1. The third kappa shape index (κ3) is 5.32. The van der Waals surface area contributed by atoms with Gasteiger partial charge in [-0.2, -0.15) is 0 Å². The normalized spacial score (nSPS) is 19.0. The Kier molecular flexibility index (Phi) is 7.26. The molecule has 2 aliphatic heterocycles. The number of nitrogens with zero attached hydrogens (tertiary/aromatic N) is 5. The Hall–Kier alpha value is -3.80. The molecular formula is C27H24Cl2FN7O3. The van der Waals surface area contributed by atoms with Gasteiger partial charge in [0.05, 0.1) is 35.5 Å². The fourth-order valence-electron chi connectivity index (χ4n) is 4.92. The number of halogens is 3. The van der Waals surface area contributed by atoms with E-state index < -0.39 is 5.91 Å². The summed E-state index contributed by atoms with van der Waals surface area (Å²) in [6, 6.07) is 10.7. The van der Waals surface area contributed by atoms with Crippen LogP contribution in [0.4, 0.5) is 10.2 Å². The number of hydrogen-bond acceptors (Lipinski definition) is 7. The van der Waals surface area contributed by atoms with Gasteiger partial charge in [0.25, 0.3) is 11.8 Å². The Morgan fingerprint density at radius 2 is 1.90 bits per heavy atom. The topological polar surface area (TPSA) is 114 Å². The first-order chi connectivity index (χ1) is 19.4. The fourth-order valence-corrected chi connectivity index (χ4v) is 5.18. The smallest absolute Gasteiger partial charge is 0.271 e. The van der Waals surface area contributed by atoms with E-state index in [1.54, 1.807) is 18.2 Å². The molecule has 1 aromatic carbocycles. The number of hydrogen-bond donors (Lipinski definition) is 2. The molecule has 0 bridgehead atoms. The summed E-state index contributed by atoms with van der Waals surface area (Å²) in [7, 11) is 0. The van der Waals surface area contributed by atoms with Gasteiger partial charge < -0.3 is 20.3 Å². The highest BCUT2D eigenvalue weighted by molar-refractivity contribution is 6.42. The summed E-state index contributed by atoms with van der Waals surface area (Å²) >= 11 is 12.0. The molecule has 2 aliphatic rings. The summed E-state index contributed by atoms with van der Waals surface area (Å²) in [5.41, 5.74) is 1.68. The maximum Gasteiger partial charge on any atom is 0.271 e. The van der Waals surface area contributed by atoms with Crippen LogP contribution in [0.1, 0.15) is 39.0 Å². The highest BCUT2D eigenvalue weighted by Crippen LogP contribution is 2.36. The fraction of sp³-hybridized carbons (Fsp3) is 0.296. The number of rotatable bonds is 7. The van der Waals surface area contributed by atoms with E-state index in [0.717, 1.165) is 5.56 Å². The molecule has 0 aliphatic carbocycles. The van der Waals surface area contributed by atoms with E-state index in [2.05, 4.69) is 20.6 Å². The van der Waals surface area contributed by atoms with Gasteiger partial charge >= 0.3 is 0 Å². The van der Waals surface area contributed by atoms with Crippen LogP contribution in [0.3, 0.4) is 0 Å². The van der Waals surface area contributed by atoms with Crippen LogP contribution in [-0.2, 0) is 4.74 Å². The van der Waals surface area contributed by atoms with Crippen LogP contribution in [0.15, 0.2) is 54.9 Å². The summed E-state index contributed by atoms with van der Waals surface area (Å²) in [6.45, 7) is 2.15. The number of fused-ring (bicyclic) bond motifs is 1. The molecule has 10 nitrogen and oxygen atoms in total. The van der Waals surface area contributed by atoms with Crippen LogP contribution < -0.4 is 15.5 Å². The zero-order valence-corrected chi connectivity index (χ0v) is 22.6. The number of amides is 2. The van der Waals surface area contributed by atoms with Gasteiger partial charge in [-0.05, 0) is 42.3 Å². The lowest BCUT2D eigenvalue weighted by Crippen LogP contribution is -2.39. The first kappa shape index (κ1) is 26.4. The zero-order valence-electron chi connectivity index (χ0n) is 21.1. The van der Waals surface area contributed by atoms with Gasteiger partial charge in [-0.25, -0.2) is 18.9 Å². The second kappa shape index (κ2) is 11.0. The van der Waals surface area contributed by atoms with Gasteiger partial charge in [0.1, 0.15) is 17.3 Å². The number of aromatic nitrogens is 4. The van der Waals surface area contributed by atoms with Gasteiger partial charge in [0.15, 0.2) is 11.3 Å². The molecule has 0 unspecified atom stereocenters. The summed E-state index contributed by atoms with van der Waals surface area (Å²) in [5.74, 6) is -0.206. The first-order valence-corrected chi connectivity index (χ1v) is 13.5. The van der Waals surface area contributed by atoms with Crippen LogP contribution in [0.5, 0.6) is 0 Å². The van der Waals surface area contributed by atoms with Gasteiger partial charge in [-0.3, -0.25) is 9.59 Å². The van der Waals surface area contributed by atoms with Crippen LogP contribution in [0, 0.1) is 11.7 Å². The molecule has 13 heteroatoms. The minimum absolute atomic E-state index is 0.136. The maximum atomic E-state index is 14.2. The lowest BCUT2D eigenvalue weighted by Gasteiger charge is -2.26. The first-order valence-electron chi connectivity index (χ1n) is 12.7. The highest BCUT2D eigenvalue weighted by atomic mass is 35.5. The third-order valence-corrected chi connectivity index (χ3v) is 7.76. The number of carbonyl (C=O) groups is 2. The lowest BCUT2D eigenvalue weighted by molar-refractivity contribution is -0.0299. The van der Waals surface area contributed by atoms with Crippen molar-refractivity contribution in [3.8, 4) is 0 Å². The van der Waals surface area contributed by atoms with E-state index in [0.29, 0.717) is 55.8 Å². The molecule has 0 radical (unpaired) electrons. The quantitative estimate of drug-likeness (QED) is 0.341. The van der Waals surface area contributed by atoms with Crippen LogP contribution in [0.25, 0.3) is 5.65 Å². The second-order valence-corrected chi connectivity index (χ2v) is 10.6. The number of ether oxygens (including phenoxy) is 1.